The maximum absolute atomic E-state index is 13.4. The molecule has 1 N–H and O–H groups in total. The van der Waals surface area contributed by atoms with Gasteiger partial charge in [-0.1, -0.05) is 18.2 Å². The lowest BCUT2D eigenvalue weighted by Crippen LogP contribution is -2.29. The van der Waals surface area contributed by atoms with Crippen molar-refractivity contribution in [2.24, 2.45) is 0 Å². The fraction of sp³-hybridized carbons (Fsp3) is 0.241. The second kappa shape index (κ2) is 11.0. The first-order valence-corrected chi connectivity index (χ1v) is 12.0. The molecule has 1 aliphatic heterocycles. The first-order valence-electron chi connectivity index (χ1n) is 12.0. The van der Waals surface area contributed by atoms with E-state index in [0.29, 0.717) is 53.9 Å². The Hall–Kier alpha value is -4.26. The van der Waals surface area contributed by atoms with Crippen molar-refractivity contribution in [1.82, 2.24) is 0 Å². The van der Waals surface area contributed by atoms with Crippen LogP contribution in [0.5, 0.6) is 17.2 Å². The summed E-state index contributed by atoms with van der Waals surface area (Å²) in [6.45, 7) is 7.13. The molecule has 0 saturated carbocycles. The molecule has 1 aliphatic rings. The van der Waals surface area contributed by atoms with Crippen molar-refractivity contribution < 1.29 is 28.9 Å². The third-order valence-corrected chi connectivity index (χ3v) is 5.80. The Balaban J connectivity index is 1.86. The van der Waals surface area contributed by atoms with Crippen LogP contribution in [0.15, 0.2) is 78.4 Å². The van der Waals surface area contributed by atoms with Gasteiger partial charge in [0.25, 0.3) is 11.7 Å². The fourth-order valence-electron chi connectivity index (χ4n) is 4.25. The van der Waals surface area contributed by atoms with Gasteiger partial charge in [-0.15, -0.1) is 0 Å². The second-order valence-corrected chi connectivity index (χ2v) is 8.06. The highest BCUT2D eigenvalue weighted by molar-refractivity contribution is 6.51. The molecule has 3 aromatic carbocycles. The number of hydrogen-bond donors (Lipinski definition) is 1. The molecule has 7 nitrogen and oxygen atoms in total. The molecule has 1 fully saturated rings. The molecule has 4 rings (SSSR count). The predicted octanol–water partition coefficient (Wildman–Crippen LogP) is 5.51. The summed E-state index contributed by atoms with van der Waals surface area (Å²) in [4.78, 5) is 28.1. The average Bonchev–Trinajstić information content (AvgIpc) is 3.15. The van der Waals surface area contributed by atoms with Crippen LogP contribution in [-0.4, -0.2) is 36.6 Å². The number of anilines is 1. The van der Waals surface area contributed by atoms with E-state index in [1.807, 2.05) is 20.8 Å². The van der Waals surface area contributed by atoms with Crippen LogP contribution >= 0.6 is 0 Å². The number of aliphatic hydroxyl groups excluding tert-OH is 1. The number of amides is 1. The Kier molecular flexibility index (Phi) is 7.59. The van der Waals surface area contributed by atoms with Gasteiger partial charge in [-0.25, -0.2) is 0 Å². The Morgan fingerprint density at radius 1 is 0.778 bits per heavy atom. The molecule has 1 amide bonds. The summed E-state index contributed by atoms with van der Waals surface area (Å²) in [6.07, 6.45) is 0. The van der Waals surface area contributed by atoms with E-state index in [9.17, 15) is 14.7 Å². The van der Waals surface area contributed by atoms with Gasteiger partial charge >= 0.3 is 0 Å². The Bertz CT molecular complexity index is 1260. The van der Waals surface area contributed by atoms with Crippen LogP contribution in [-0.2, 0) is 9.59 Å². The zero-order valence-electron chi connectivity index (χ0n) is 20.6. The zero-order valence-corrected chi connectivity index (χ0v) is 20.6. The average molecular weight is 488 g/mol. The topological polar surface area (TPSA) is 85.3 Å². The van der Waals surface area contributed by atoms with Gasteiger partial charge in [0.15, 0.2) is 0 Å². The van der Waals surface area contributed by atoms with E-state index < -0.39 is 17.7 Å². The molecular weight excluding hydrogens is 458 g/mol. The van der Waals surface area contributed by atoms with E-state index in [2.05, 4.69) is 0 Å². The molecule has 1 heterocycles. The molecule has 0 bridgehead atoms. The number of aliphatic hydroxyl groups is 1. The predicted molar refractivity (Wildman–Crippen MR) is 138 cm³/mol. The normalized spacial score (nSPS) is 16.8. The number of benzene rings is 3. The number of Topliss-reactive ketones (excluding diaryl/α,β-unsaturated/α-hetero) is 1. The van der Waals surface area contributed by atoms with Crippen LogP contribution in [0.25, 0.3) is 5.76 Å². The summed E-state index contributed by atoms with van der Waals surface area (Å²) in [5.74, 6) is 0.151. The van der Waals surface area contributed by atoms with Crippen LogP contribution in [0.3, 0.4) is 0 Å². The molecule has 36 heavy (non-hydrogen) atoms. The summed E-state index contributed by atoms with van der Waals surface area (Å²) in [7, 11) is 0. The summed E-state index contributed by atoms with van der Waals surface area (Å²) in [6, 6.07) is 20.1. The van der Waals surface area contributed by atoms with Gasteiger partial charge < -0.3 is 19.3 Å². The molecule has 1 saturated heterocycles. The number of rotatable bonds is 9. The van der Waals surface area contributed by atoms with Crippen molar-refractivity contribution in [3.63, 3.8) is 0 Å². The summed E-state index contributed by atoms with van der Waals surface area (Å²) in [5, 5.41) is 11.3. The number of carbonyl (C=O) groups is 2. The van der Waals surface area contributed by atoms with E-state index >= 15 is 0 Å². The molecule has 0 radical (unpaired) electrons. The smallest absolute Gasteiger partial charge is 0.300 e. The number of carbonyl (C=O) groups excluding carboxylic acids is 2. The molecular formula is C29H29NO6. The number of ketones is 1. The Morgan fingerprint density at radius 3 is 1.92 bits per heavy atom. The third kappa shape index (κ3) is 4.91. The summed E-state index contributed by atoms with van der Waals surface area (Å²) in [5.41, 5.74) is 1.57. The molecule has 0 aliphatic carbocycles. The lowest BCUT2D eigenvalue weighted by atomic mass is 9.95. The fourth-order valence-corrected chi connectivity index (χ4v) is 4.25. The van der Waals surface area contributed by atoms with Crippen LogP contribution in [0.2, 0.25) is 0 Å². The van der Waals surface area contributed by atoms with Crippen molar-refractivity contribution >= 4 is 23.1 Å². The molecule has 1 atom stereocenters. The van der Waals surface area contributed by atoms with E-state index in [4.69, 9.17) is 14.2 Å². The molecule has 7 heteroatoms. The molecule has 0 spiro atoms. The first kappa shape index (κ1) is 24.9. The van der Waals surface area contributed by atoms with Crippen molar-refractivity contribution in [3.05, 3.63) is 89.5 Å². The monoisotopic (exact) mass is 487 g/mol. The largest absolute Gasteiger partial charge is 0.507 e. The minimum absolute atomic E-state index is 0.00938. The molecule has 186 valence electrons. The van der Waals surface area contributed by atoms with Crippen molar-refractivity contribution in [1.29, 1.82) is 0 Å². The summed E-state index contributed by atoms with van der Waals surface area (Å²) < 4.78 is 16.7. The third-order valence-electron chi connectivity index (χ3n) is 5.80. The SMILES string of the molecule is CCOc1ccc(/C(O)=C2\C(=O)C(=O)N(c3cccc(OCC)c3)C2c2ccc(OCC)cc2)cc1. The Labute approximate surface area is 210 Å². The van der Waals surface area contributed by atoms with Crippen LogP contribution in [0.4, 0.5) is 5.69 Å². The van der Waals surface area contributed by atoms with Crippen molar-refractivity contribution in [2.75, 3.05) is 24.7 Å². The maximum atomic E-state index is 13.4. The standard InChI is InChI=1S/C29H29NO6/c1-4-34-22-14-10-19(11-15-22)26-25(27(31)20-12-16-23(17-13-20)35-5-2)28(32)29(33)30(26)21-8-7-9-24(18-21)36-6-3/h7-18,26,31H,4-6H2,1-3H3/b27-25+. The number of nitrogens with zero attached hydrogens (tertiary/aromatic N) is 1. The second-order valence-electron chi connectivity index (χ2n) is 8.06. The zero-order chi connectivity index (χ0) is 25.7. The van der Waals surface area contributed by atoms with Crippen LogP contribution in [0.1, 0.15) is 37.9 Å². The van der Waals surface area contributed by atoms with E-state index in [-0.39, 0.29) is 11.3 Å². The highest BCUT2D eigenvalue weighted by Crippen LogP contribution is 2.43. The minimum Gasteiger partial charge on any atom is -0.507 e. The number of ether oxygens (including phenoxy) is 3. The number of hydrogen-bond acceptors (Lipinski definition) is 6. The van der Waals surface area contributed by atoms with Gasteiger partial charge in [0, 0.05) is 17.3 Å². The van der Waals surface area contributed by atoms with Gasteiger partial charge in [0.05, 0.1) is 31.4 Å². The van der Waals surface area contributed by atoms with Gasteiger partial charge in [0.2, 0.25) is 0 Å². The highest BCUT2D eigenvalue weighted by Gasteiger charge is 2.47. The first-order chi connectivity index (χ1) is 17.5. The van der Waals surface area contributed by atoms with Crippen molar-refractivity contribution in [3.8, 4) is 17.2 Å². The minimum atomic E-state index is -0.843. The van der Waals surface area contributed by atoms with Gasteiger partial charge in [-0.2, -0.15) is 0 Å². The van der Waals surface area contributed by atoms with Gasteiger partial charge in [-0.05, 0) is 74.9 Å². The van der Waals surface area contributed by atoms with Crippen LogP contribution in [0, 0.1) is 0 Å². The van der Waals surface area contributed by atoms with E-state index in [1.165, 1.54) is 4.90 Å². The quantitative estimate of drug-likeness (QED) is 0.243. The molecule has 1 unspecified atom stereocenters. The highest BCUT2D eigenvalue weighted by atomic mass is 16.5. The molecule has 0 aromatic heterocycles. The lowest BCUT2D eigenvalue weighted by molar-refractivity contribution is -0.132. The lowest BCUT2D eigenvalue weighted by Gasteiger charge is -2.26. The van der Waals surface area contributed by atoms with E-state index in [1.54, 1.807) is 72.8 Å². The van der Waals surface area contributed by atoms with Gasteiger partial charge in [0.1, 0.15) is 23.0 Å². The maximum Gasteiger partial charge on any atom is 0.300 e. The van der Waals surface area contributed by atoms with Crippen LogP contribution < -0.4 is 19.1 Å². The Morgan fingerprint density at radius 2 is 1.33 bits per heavy atom. The van der Waals surface area contributed by atoms with E-state index in [0.717, 1.165) is 0 Å². The van der Waals surface area contributed by atoms with Gasteiger partial charge in [-0.3, -0.25) is 14.5 Å². The summed E-state index contributed by atoms with van der Waals surface area (Å²) >= 11 is 0. The van der Waals surface area contributed by atoms with Crippen molar-refractivity contribution in [2.45, 2.75) is 26.8 Å². The molecule has 3 aromatic rings.